The Morgan fingerprint density at radius 1 is 1.64 bits per heavy atom. The summed E-state index contributed by atoms with van der Waals surface area (Å²) in [5, 5.41) is 6.18. The molecule has 4 heteroatoms. The summed E-state index contributed by atoms with van der Waals surface area (Å²) in [4.78, 5) is 11.4. The average molecular weight is 200 g/mol. The van der Waals surface area contributed by atoms with Gasteiger partial charge in [0, 0.05) is 19.0 Å². The van der Waals surface area contributed by atoms with Crippen molar-refractivity contribution in [1.29, 1.82) is 0 Å². The minimum Gasteiger partial charge on any atom is -0.378 e. The maximum Gasteiger partial charge on any atom is 0.222 e. The molecule has 0 aromatic rings. The molecule has 1 unspecified atom stereocenters. The first kappa shape index (κ1) is 11.5. The molecule has 0 aromatic heterocycles. The van der Waals surface area contributed by atoms with Gasteiger partial charge in [0.2, 0.25) is 5.91 Å². The van der Waals surface area contributed by atoms with Crippen molar-refractivity contribution in [2.75, 3.05) is 19.7 Å². The molecule has 0 radical (unpaired) electrons. The third-order valence-electron chi connectivity index (χ3n) is 2.21. The zero-order chi connectivity index (χ0) is 10.4. The lowest BCUT2D eigenvalue weighted by Gasteiger charge is -2.12. The van der Waals surface area contributed by atoms with Gasteiger partial charge in [0.05, 0.1) is 12.7 Å². The van der Waals surface area contributed by atoms with Gasteiger partial charge in [-0.3, -0.25) is 4.79 Å². The zero-order valence-electron chi connectivity index (χ0n) is 9.01. The normalized spacial score (nSPS) is 21.5. The van der Waals surface area contributed by atoms with Gasteiger partial charge in [0.1, 0.15) is 0 Å². The quantitative estimate of drug-likeness (QED) is 0.670. The minimum atomic E-state index is 0.0966. The van der Waals surface area contributed by atoms with Gasteiger partial charge < -0.3 is 15.4 Å². The summed E-state index contributed by atoms with van der Waals surface area (Å²) in [6.07, 6.45) is 1.71. The molecule has 1 saturated heterocycles. The fraction of sp³-hybridized carbons (Fsp3) is 0.900. The zero-order valence-corrected chi connectivity index (χ0v) is 9.01. The van der Waals surface area contributed by atoms with Crippen LogP contribution in [0.15, 0.2) is 0 Å². The minimum absolute atomic E-state index is 0.0966. The second-order valence-electron chi connectivity index (χ2n) is 3.93. The number of carbonyl (C=O) groups is 1. The Hall–Kier alpha value is -0.610. The van der Waals surface area contributed by atoms with Crippen LogP contribution in [0.3, 0.4) is 0 Å². The van der Waals surface area contributed by atoms with E-state index in [9.17, 15) is 4.79 Å². The largest absolute Gasteiger partial charge is 0.378 e. The van der Waals surface area contributed by atoms with Crippen molar-refractivity contribution in [3.8, 4) is 0 Å². The van der Waals surface area contributed by atoms with Crippen LogP contribution >= 0.6 is 0 Å². The third-order valence-corrected chi connectivity index (χ3v) is 2.21. The number of ether oxygens (including phenoxy) is 1. The molecule has 0 aromatic carbocycles. The van der Waals surface area contributed by atoms with E-state index in [0.717, 1.165) is 19.5 Å². The molecule has 14 heavy (non-hydrogen) atoms. The van der Waals surface area contributed by atoms with Crippen LogP contribution in [-0.2, 0) is 9.53 Å². The number of nitrogens with one attached hydrogen (secondary N) is 2. The Kier molecular flexibility index (Phi) is 4.90. The van der Waals surface area contributed by atoms with Gasteiger partial charge in [0.25, 0.3) is 0 Å². The molecule has 1 aliphatic heterocycles. The molecule has 1 rings (SSSR count). The van der Waals surface area contributed by atoms with Gasteiger partial charge >= 0.3 is 0 Å². The van der Waals surface area contributed by atoms with Crippen molar-refractivity contribution in [1.82, 2.24) is 10.6 Å². The van der Waals surface area contributed by atoms with Gasteiger partial charge in [-0.25, -0.2) is 0 Å². The van der Waals surface area contributed by atoms with Crippen molar-refractivity contribution in [2.24, 2.45) is 0 Å². The summed E-state index contributed by atoms with van der Waals surface area (Å²) in [5.74, 6) is 0.0966. The van der Waals surface area contributed by atoms with E-state index in [1.807, 2.05) is 13.8 Å². The highest BCUT2D eigenvalue weighted by Crippen LogP contribution is 1.98. The Morgan fingerprint density at radius 2 is 2.43 bits per heavy atom. The second-order valence-corrected chi connectivity index (χ2v) is 3.93. The molecule has 0 spiro atoms. The van der Waals surface area contributed by atoms with Crippen molar-refractivity contribution in [3.63, 3.8) is 0 Å². The first-order valence-corrected chi connectivity index (χ1v) is 5.30. The predicted molar refractivity (Wildman–Crippen MR) is 55.1 cm³/mol. The van der Waals surface area contributed by atoms with E-state index in [1.165, 1.54) is 0 Å². The SMILES string of the molecule is CC(C)OCCC(=O)NC1CCNC1. The van der Waals surface area contributed by atoms with Crippen LogP contribution in [0, 0.1) is 0 Å². The highest BCUT2D eigenvalue weighted by Gasteiger charge is 2.16. The molecular weight excluding hydrogens is 180 g/mol. The second kappa shape index (κ2) is 5.98. The number of rotatable bonds is 5. The Morgan fingerprint density at radius 3 is 3.00 bits per heavy atom. The van der Waals surface area contributed by atoms with Crippen molar-refractivity contribution in [3.05, 3.63) is 0 Å². The highest BCUT2D eigenvalue weighted by molar-refractivity contribution is 5.76. The lowest BCUT2D eigenvalue weighted by Crippen LogP contribution is -2.36. The van der Waals surface area contributed by atoms with E-state index >= 15 is 0 Å². The fourth-order valence-corrected chi connectivity index (χ4v) is 1.47. The molecule has 1 amide bonds. The molecule has 0 saturated carbocycles. The van der Waals surface area contributed by atoms with E-state index in [0.29, 0.717) is 19.1 Å². The Balaban J connectivity index is 2.03. The summed E-state index contributed by atoms with van der Waals surface area (Å²) < 4.78 is 5.30. The molecule has 82 valence electrons. The Bertz CT molecular complexity index is 177. The van der Waals surface area contributed by atoms with Crippen LogP contribution in [0.2, 0.25) is 0 Å². The Labute approximate surface area is 85.4 Å². The monoisotopic (exact) mass is 200 g/mol. The van der Waals surface area contributed by atoms with Gasteiger partial charge in [-0.1, -0.05) is 0 Å². The van der Waals surface area contributed by atoms with Crippen LogP contribution < -0.4 is 10.6 Å². The first-order chi connectivity index (χ1) is 6.68. The van der Waals surface area contributed by atoms with Crippen molar-refractivity contribution >= 4 is 5.91 Å². The molecule has 1 fully saturated rings. The van der Waals surface area contributed by atoms with E-state index in [4.69, 9.17) is 4.74 Å². The molecular formula is C10H20N2O2. The first-order valence-electron chi connectivity index (χ1n) is 5.30. The van der Waals surface area contributed by atoms with E-state index in [1.54, 1.807) is 0 Å². The summed E-state index contributed by atoms with van der Waals surface area (Å²) in [6, 6.07) is 0.321. The summed E-state index contributed by atoms with van der Waals surface area (Å²) >= 11 is 0. The number of amides is 1. The summed E-state index contributed by atoms with van der Waals surface area (Å²) in [5.41, 5.74) is 0. The third kappa shape index (κ3) is 4.58. The summed E-state index contributed by atoms with van der Waals surface area (Å²) in [6.45, 7) is 6.37. The van der Waals surface area contributed by atoms with Crippen LogP contribution in [0.5, 0.6) is 0 Å². The number of carbonyl (C=O) groups excluding carboxylic acids is 1. The van der Waals surface area contributed by atoms with Crippen LogP contribution in [0.1, 0.15) is 26.7 Å². The van der Waals surface area contributed by atoms with E-state index < -0.39 is 0 Å². The molecule has 0 bridgehead atoms. The molecule has 2 N–H and O–H groups in total. The van der Waals surface area contributed by atoms with Crippen LogP contribution in [0.25, 0.3) is 0 Å². The van der Waals surface area contributed by atoms with Gasteiger partial charge in [-0.15, -0.1) is 0 Å². The topological polar surface area (TPSA) is 50.4 Å². The standard InChI is InChI=1S/C10H20N2O2/c1-8(2)14-6-4-10(13)12-9-3-5-11-7-9/h8-9,11H,3-7H2,1-2H3,(H,12,13). The highest BCUT2D eigenvalue weighted by atomic mass is 16.5. The summed E-state index contributed by atoms with van der Waals surface area (Å²) in [7, 11) is 0. The van der Waals surface area contributed by atoms with Crippen LogP contribution in [0.4, 0.5) is 0 Å². The molecule has 1 atom stereocenters. The lowest BCUT2D eigenvalue weighted by molar-refractivity contribution is -0.123. The molecule has 0 aliphatic carbocycles. The van der Waals surface area contributed by atoms with Crippen molar-refractivity contribution < 1.29 is 9.53 Å². The maximum atomic E-state index is 11.4. The van der Waals surface area contributed by atoms with E-state index in [2.05, 4.69) is 10.6 Å². The molecule has 1 heterocycles. The van der Waals surface area contributed by atoms with Gasteiger partial charge in [-0.05, 0) is 26.8 Å². The van der Waals surface area contributed by atoms with E-state index in [-0.39, 0.29) is 12.0 Å². The van der Waals surface area contributed by atoms with Crippen molar-refractivity contribution in [2.45, 2.75) is 38.8 Å². The molecule has 4 nitrogen and oxygen atoms in total. The fourth-order valence-electron chi connectivity index (χ4n) is 1.47. The number of hydrogen-bond donors (Lipinski definition) is 2. The van der Waals surface area contributed by atoms with Crippen LogP contribution in [-0.4, -0.2) is 37.7 Å². The molecule has 1 aliphatic rings. The lowest BCUT2D eigenvalue weighted by atomic mass is 10.2. The smallest absolute Gasteiger partial charge is 0.222 e. The number of hydrogen-bond acceptors (Lipinski definition) is 3. The average Bonchev–Trinajstić information content (AvgIpc) is 2.56. The maximum absolute atomic E-state index is 11.4. The predicted octanol–water partition coefficient (Wildman–Crippen LogP) is 0.280. The van der Waals surface area contributed by atoms with Gasteiger partial charge in [-0.2, -0.15) is 0 Å². The van der Waals surface area contributed by atoms with Gasteiger partial charge in [0.15, 0.2) is 0 Å².